The van der Waals surface area contributed by atoms with Gasteiger partial charge in [0, 0.05) is 44.4 Å². The molecule has 18 atom stereocenters. The molecule has 3 rings (SSSR count). The van der Waals surface area contributed by atoms with Gasteiger partial charge in [-0.15, -0.1) is 0 Å². The Kier molecular flexibility index (Phi) is 17.6. The number of carbonyl (C=O) groups is 1. The number of likely N-dealkylation sites (N-methyl/N-ethyl adjacent to an activating group) is 1. The molecule has 1 unspecified atom stereocenters. The second kappa shape index (κ2) is 20.2. The first-order valence-electron chi connectivity index (χ1n) is 20.6. The molecule has 0 bridgehead atoms. The van der Waals surface area contributed by atoms with E-state index in [0.29, 0.717) is 25.2 Å². The van der Waals surface area contributed by atoms with Crippen LogP contribution >= 0.6 is 0 Å². The van der Waals surface area contributed by atoms with E-state index < -0.39 is 102 Å². The average molecular weight is 805 g/mol. The lowest BCUT2D eigenvalue weighted by Gasteiger charge is -2.50. The number of nitrogens with zero attached hydrogens (tertiary/aromatic N) is 2. The summed E-state index contributed by atoms with van der Waals surface area (Å²) in [6, 6.07) is -0.267. The fraction of sp³-hybridized carbons (Fsp3) is 0.951. The molecule has 56 heavy (non-hydrogen) atoms. The highest BCUT2D eigenvalue weighted by Crippen LogP contribution is 2.42. The van der Waals surface area contributed by atoms with Crippen molar-refractivity contribution in [3.63, 3.8) is 0 Å². The molecule has 4 N–H and O–H groups in total. The molecular formula is C41H76N2O13. The summed E-state index contributed by atoms with van der Waals surface area (Å²) < 4.78 is 44.6. The van der Waals surface area contributed by atoms with E-state index in [-0.39, 0.29) is 31.4 Å². The Morgan fingerprint density at radius 3 is 2.05 bits per heavy atom. The number of aliphatic hydroxyl groups is 4. The maximum atomic E-state index is 14.4. The van der Waals surface area contributed by atoms with Gasteiger partial charge in [0.1, 0.15) is 30.5 Å². The first-order valence-corrected chi connectivity index (χ1v) is 20.6. The molecule has 328 valence electrons. The van der Waals surface area contributed by atoms with E-state index in [1.807, 2.05) is 53.6 Å². The van der Waals surface area contributed by atoms with Gasteiger partial charge < -0.3 is 63.3 Å². The molecule has 0 aromatic rings. The van der Waals surface area contributed by atoms with Gasteiger partial charge in [-0.05, 0) is 81.3 Å². The molecule has 0 aromatic heterocycles. The number of carbonyl (C=O) groups excluding carboxylic acids is 1. The zero-order chi connectivity index (χ0) is 42.5. The fourth-order valence-electron chi connectivity index (χ4n) is 8.98. The topological polar surface area (TPSA) is 187 Å². The van der Waals surface area contributed by atoms with Gasteiger partial charge in [-0.3, -0.25) is 4.79 Å². The monoisotopic (exact) mass is 805 g/mol. The van der Waals surface area contributed by atoms with E-state index in [0.717, 1.165) is 0 Å². The van der Waals surface area contributed by atoms with Crippen LogP contribution in [0, 0.1) is 23.7 Å². The zero-order valence-electron chi connectivity index (χ0n) is 36.8. The molecular weight excluding hydrogens is 728 g/mol. The molecule has 3 aliphatic heterocycles. The van der Waals surface area contributed by atoms with Gasteiger partial charge in [0.25, 0.3) is 0 Å². The summed E-state index contributed by atoms with van der Waals surface area (Å²) in [5.41, 5.74) is -3.59. The van der Waals surface area contributed by atoms with E-state index in [9.17, 15) is 25.2 Å². The molecule has 3 heterocycles. The summed E-state index contributed by atoms with van der Waals surface area (Å²) in [4.78, 5) is 22.0. The van der Waals surface area contributed by atoms with Crippen LogP contribution in [0.3, 0.4) is 0 Å². The minimum atomic E-state index is -1.89. The second-order valence-corrected chi connectivity index (χ2v) is 17.6. The SMILES string of the molecule is CCCO/N=C1\[C@H](C)C[C@@](C)(OC)C(O[C@@H]2O[C@H](C)C[C@H](N(C)C)[C@H]2O)[C@@H](C)[C@H](O[C@H]2C[C@@](C)(OC)[C@@H](O)[C@H](C)O2)[C@@H](C)C(=O)O[C@H](CC)[C@@](C)(O)[C@H](O)[C@H]1C. The van der Waals surface area contributed by atoms with Crippen LogP contribution in [-0.4, -0.2) is 156 Å². The van der Waals surface area contributed by atoms with E-state index in [4.69, 9.17) is 38.0 Å². The second-order valence-electron chi connectivity index (χ2n) is 17.6. The van der Waals surface area contributed by atoms with Crippen molar-refractivity contribution in [3.05, 3.63) is 0 Å². The van der Waals surface area contributed by atoms with Crippen molar-refractivity contribution in [2.24, 2.45) is 28.8 Å². The van der Waals surface area contributed by atoms with Crippen molar-refractivity contribution < 1.29 is 63.2 Å². The van der Waals surface area contributed by atoms with E-state index in [1.54, 1.807) is 41.7 Å². The summed E-state index contributed by atoms with van der Waals surface area (Å²) in [5, 5.41) is 51.1. The van der Waals surface area contributed by atoms with Crippen molar-refractivity contribution in [1.82, 2.24) is 4.90 Å². The van der Waals surface area contributed by atoms with Crippen molar-refractivity contribution in [2.45, 2.75) is 193 Å². The highest BCUT2D eigenvalue weighted by atomic mass is 16.7. The van der Waals surface area contributed by atoms with Crippen molar-refractivity contribution in [1.29, 1.82) is 0 Å². The summed E-state index contributed by atoms with van der Waals surface area (Å²) in [7, 11) is 6.90. The van der Waals surface area contributed by atoms with Crippen LogP contribution in [0.5, 0.6) is 0 Å². The number of methoxy groups -OCH3 is 2. The molecule has 0 aromatic carbocycles. The molecule has 3 fully saturated rings. The minimum absolute atomic E-state index is 0.143. The number of hydrogen-bond donors (Lipinski definition) is 4. The van der Waals surface area contributed by atoms with E-state index >= 15 is 0 Å². The lowest BCUT2D eigenvalue weighted by atomic mass is 9.73. The lowest BCUT2D eigenvalue weighted by molar-refractivity contribution is -0.319. The molecule has 3 aliphatic rings. The highest BCUT2D eigenvalue weighted by Gasteiger charge is 2.54. The standard InChI is InChI=1S/C41H76N2O13/c1-16-18-51-42-31-22(3)20-40(10,50-15)36(56-38-32(44)28(43(12)13)19-23(4)52-38)25(6)33(55-30-21-39(9,49-14)35(46)27(8)53-30)26(7)37(47)54-29(17-2)41(11,48)34(45)24(31)5/h22-30,32-36,38,44-46,48H,16-21H2,1-15H3/b42-31+/t22-,23-,24+,25+,26-,27+,28+,29-,30+,32-,33+,34-,35+,36?,38+,39-,40-,41-/m1/s1. The Hall–Kier alpha value is -1.50. The van der Waals surface area contributed by atoms with Crippen LogP contribution in [0.2, 0.25) is 0 Å². The van der Waals surface area contributed by atoms with Gasteiger partial charge in [-0.1, -0.05) is 39.8 Å². The molecule has 0 amide bonds. The Bertz CT molecular complexity index is 1270. The van der Waals surface area contributed by atoms with Crippen LogP contribution < -0.4 is 0 Å². The predicted octanol–water partition coefficient (Wildman–Crippen LogP) is 3.65. The average Bonchev–Trinajstić information content (AvgIpc) is 3.14. The van der Waals surface area contributed by atoms with Crippen molar-refractivity contribution in [2.75, 3.05) is 34.9 Å². The summed E-state index contributed by atoms with van der Waals surface area (Å²) in [5.74, 6) is -3.48. The van der Waals surface area contributed by atoms with Gasteiger partial charge in [-0.2, -0.15) is 0 Å². The van der Waals surface area contributed by atoms with Crippen molar-refractivity contribution >= 4 is 11.7 Å². The van der Waals surface area contributed by atoms with Crippen molar-refractivity contribution in [3.8, 4) is 0 Å². The van der Waals surface area contributed by atoms with E-state index in [2.05, 4.69) is 5.16 Å². The fourth-order valence-corrected chi connectivity index (χ4v) is 8.98. The molecule has 15 heteroatoms. The highest BCUT2D eigenvalue weighted by molar-refractivity contribution is 5.88. The third-order valence-electron chi connectivity index (χ3n) is 12.8. The Balaban J connectivity index is 2.28. The molecule has 0 aliphatic carbocycles. The number of hydrogen-bond acceptors (Lipinski definition) is 15. The third-order valence-corrected chi connectivity index (χ3v) is 12.8. The van der Waals surface area contributed by atoms with Gasteiger partial charge in [0.05, 0.1) is 53.4 Å². The van der Waals surface area contributed by atoms with Gasteiger partial charge >= 0.3 is 5.97 Å². The summed E-state index contributed by atoms with van der Waals surface area (Å²) in [6.07, 6.45) is -7.39. The summed E-state index contributed by atoms with van der Waals surface area (Å²) in [6.45, 7) is 20.2. The Labute approximate surface area is 335 Å². The van der Waals surface area contributed by atoms with Gasteiger partial charge in [-0.25, -0.2) is 0 Å². The normalized spacial score (nSPS) is 47.0. The number of aliphatic hydroxyl groups excluding tert-OH is 3. The quantitative estimate of drug-likeness (QED) is 0.135. The van der Waals surface area contributed by atoms with E-state index in [1.165, 1.54) is 14.0 Å². The number of ether oxygens (including phenoxy) is 7. The van der Waals surface area contributed by atoms with Gasteiger partial charge in [0.15, 0.2) is 12.6 Å². The maximum Gasteiger partial charge on any atom is 0.311 e. The van der Waals surface area contributed by atoms with Crippen LogP contribution in [0.25, 0.3) is 0 Å². The first-order chi connectivity index (χ1) is 26.0. The van der Waals surface area contributed by atoms with Crippen LogP contribution in [0.4, 0.5) is 0 Å². The van der Waals surface area contributed by atoms with Crippen LogP contribution in [0.1, 0.15) is 108 Å². The van der Waals surface area contributed by atoms with Crippen LogP contribution in [-0.2, 0) is 42.8 Å². The lowest BCUT2D eigenvalue weighted by Crippen LogP contribution is -2.61. The number of cyclic esters (lactones) is 1. The predicted molar refractivity (Wildman–Crippen MR) is 210 cm³/mol. The zero-order valence-corrected chi connectivity index (χ0v) is 36.8. The van der Waals surface area contributed by atoms with Gasteiger partial charge in [0.2, 0.25) is 0 Å². The Morgan fingerprint density at radius 2 is 1.50 bits per heavy atom. The largest absolute Gasteiger partial charge is 0.459 e. The maximum absolute atomic E-state index is 14.4. The summed E-state index contributed by atoms with van der Waals surface area (Å²) >= 11 is 0. The van der Waals surface area contributed by atoms with Crippen LogP contribution in [0.15, 0.2) is 5.16 Å². The molecule has 0 radical (unpaired) electrons. The molecule has 3 saturated heterocycles. The number of rotatable bonds is 11. The molecule has 0 saturated carbocycles. The Morgan fingerprint density at radius 1 is 0.875 bits per heavy atom. The third kappa shape index (κ3) is 10.8. The molecule has 0 spiro atoms. The first kappa shape index (κ1) is 48.9. The minimum Gasteiger partial charge on any atom is -0.459 e. The number of oxime groups is 1. The smallest absolute Gasteiger partial charge is 0.311 e. The molecule has 15 nitrogen and oxygen atoms in total. The number of esters is 1.